The Labute approximate surface area is 170 Å². The number of hydrogen-bond donors (Lipinski definition) is 0. The highest BCUT2D eigenvalue weighted by molar-refractivity contribution is 5.56. The van der Waals surface area contributed by atoms with E-state index >= 15 is 0 Å². The first-order valence-electron chi connectivity index (χ1n) is 11.3. The molecule has 152 valence electrons. The Morgan fingerprint density at radius 3 is 2.14 bits per heavy atom. The van der Waals surface area contributed by atoms with Crippen molar-refractivity contribution in [3.8, 4) is 11.4 Å². The third kappa shape index (κ3) is 5.86. The van der Waals surface area contributed by atoms with Gasteiger partial charge in [-0.2, -0.15) is 0 Å². The zero-order valence-corrected chi connectivity index (χ0v) is 17.6. The van der Waals surface area contributed by atoms with Crippen LogP contribution in [-0.4, -0.2) is 9.97 Å². The van der Waals surface area contributed by atoms with E-state index in [0.29, 0.717) is 11.4 Å². The Bertz CT molecular complexity index is 718. The monoisotopic (exact) mass is 382 g/mol. The highest BCUT2D eigenvalue weighted by Gasteiger charge is 2.20. The third-order valence-corrected chi connectivity index (χ3v) is 6.29. The number of aromatic nitrogens is 2. The first-order valence-corrected chi connectivity index (χ1v) is 11.3. The minimum absolute atomic E-state index is 0.205. The van der Waals surface area contributed by atoms with Crippen molar-refractivity contribution in [1.82, 2.24) is 9.97 Å². The topological polar surface area (TPSA) is 25.8 Å². The molecule has 1 heterocycles. The summed E-state index contributed by atoms with van der Waals surface area (Å²) in [5.74, 6) is 2.05. The summed E-state index contributed by atoms with van der Waals surface area (Å²) in [5.41, 5.74) is 2.70. The van der Waals surface area contributed by atoms with Crippen LogP contribution < -0.4 is 0 Å². The van der Waals surface area contributed by atoms with E-state index in [1.165, 1.54) is 51.4 Å². The molecular weight excluding hydrogens is 347 g/mol. The molecule has 3 rings (SSSR count). The summed E-state index contributed by atoms with van der Waals surface area (Å²) in [5, 5.41) is 0. The van der Waals surface area contributed by atoms with Gasteiger partial charge in [-0.25, -0.2) is 14.4 Å². The second kappa shape index (κ2) is 10.7. The fraction of sp³-hybridized carbons (Fsp3) is 0.600. The van der Waals surface area contributed by atoms with Crippen LogP contribution >= 0.6 is 0 Å². The fourth-order valence-corrected chi connectivity index (χ4v) is 4.48. The van der Waals surface area contributed by atoms with E-state index in [-0.39, 0.29) is 5.82 Å². The van der Waals surface area contributed by atoms with E-state index in [4.69, 9.17) is 0 Å². The lowest BCUT2D eigenvalue weighted by molar-refractivity contribution is 0.250. The molecule has 0 spiro atoms. The Balaban J connectivity index is 1.52. The van der Waals surface area contributed by atoms with Crippen molar-refractivity contribution in [3.63, 3.8) is 0 Å². The van der Waals surface area contributed by atoms with Gasteiger partial charge in [-0.15, -0.1) is 0 Å². The zero-order chi connectivity index (χ0) is 19.8. The Morgan fingerprint density at radius 2 is 1.54 bits per heavy atom. The van der Waals surface area contributed by atoms with Crippen LogP contribution in [0.2, 0.25) is 0 Å². The Kier molecular flexibility index (Phi) is 8.00. The summed E-state index contributed by atoms with van der Waals surface area (Å²) in [7, 11) is 0. The van der Waals surface area contributed by atoms with Gasteiger partial charge in [0.25, 0.3) is 0 Å². The fourth-order valence-electron chi connectivity index (χ4n) is 4.48. The van der Waals surface area contributed by atoms with Gasteiger partial charge in [-0.05, 0) is 54.4 Å². The maximum atomic E-state index is 14.6. The van der Waals surface area contributed by atoms with Gasteiger partial charge in [-0.3, -0.25) is 0 Å². The van der Waals surface area contributed by atoms with Gasteiger partial charge in [0.05, 0.1) is 5.56 Å². The molecule has 0 saturated heterocycles. The van der Waals surface area contributed by atoms with Gasteiger partial charge in [0.15, 0.2) is 5.82 Å². The van der Waals surface area contributed by atoms with Crippen molar-refractivity contribution in [3.05, 3.63) is 47.5 Å². The maximum absolute atomic E-state index is 14.6. The van der Waals surface area contributed by atoms with E-state index in [1.54, 1.807) is 6.07 Å². The molecule has 2 aromatic rings. The van der Waals surface area contributed by atoms with E-state index in [1.807, 2.05) is 18.5 Å². The number of rotatable bonds is 9. The molecule has 28 heavy (non-hydrogen) atoms. The van der Waals surface area contributed by atoms with Gasteiger partial charge in [-0.1, -0.05) is 71.3 Å². The molecule has 1 aromatic heterocycles. The summed E-state index contributed by atoms with van der Waals surface area (Å²) < 4.78 is 14.6. The highest BCUT2D eigenvalue weighted by Crippen LogP contribution is 2.34. The summed E-state index contributed by atoms with van der Waals surface area (Å²) in [6, 6.07) is 5.58. The molecule has 0 N–H and O–H groups in total. The van der Waals surface area contributed by atoms with Crippen molar-refractivity contribution < 1.29 is 4.39 Å². The average molecular weight is 383 g/mol. The van der Waals surface area contributed by atoms with Crippen LogP contribution in [0.4, 0.5) is 4.39 Å². The summed E-state index contributed by atoms with van der Waals surface area (Å²) in [6.07, 6.45) is 17.4. The van der Waals surface area contributed by atoms with E-state index in [2.05, 4.69) is 29.9 Å². The minimum Gasteiger partial charge on any atom is -0.236 e. The smallest absolute Gasteiger partial charge is 0.162 e. The molecule has 0 amide bonds. The molecule has 1 saturated carbocycles. The summed E-state index contributed by atoms with van der Waals surface area (Å²) in [6.45, 7) is 4.41. The molecule has 0 atom stereocenters. The van der Waals surface area contributed by atoms with Crippen LogP contribution in [-0.2, 0) is 12.8 Å². The van der Waals surface area contributed by atoms with Gasteiger partial charge < -0.3 is 0 Å². The lowest BCUT2D eigenvalue weighted by Gasteiger charge is -2.28. The quantitative estimate of drug-likeness (QED) is 0.459. The lowest BCUT2D eigenvalue weighted by Crippen LogP contribution is -2.15. The van der Waals surface area contributed by atoms with Crippen LogP contribution in [0.15, 0.2) is 30.6 Å². The van der Waals surface area contributed by atoms with Crippen molar-refractivity contribution in [2.45, 2.75) is 84.5 Å². The van der Waals surface area contributed by atoms with Crippen LogP contribution in [0.5, 0.6) is 0 Å². The maximum Gasteiger partial charge on any atom is 0.162 e. The van der Waals surface area contributed by atoms with Crippen LogP contribution in [0, 0.1) is 17.7 Å². The van der Waals surface area contributed by atoms with Crippen molar-refractivity contribution in [2.24, 2.45) is 11.8 Å². The molecule has 1 aliphatic carbocycles. The summed E-state index contributed by atoms with van der Waals surface area (Å²) >= 11 is 0. The van der Waals surface area contributed by atoms with E-state index in [0.717, 1.165) is 42.2 Å². The first kappa shape index (κ1) is 21.0. The number of nitrogens with zero attached hydrogens (tertiary/aromatic N) is 2. The van der Waals surface area contributed by atoms with Crippen molar-refractivity contribution >= 4 is 0 Å². The Morgan fingerprint density at radius 1 is 0.857 bits per heavy atom. The number of halogens is 1. The zero-order valence-electron chi connectivity index (χ0n) is 17.6. The SMILES string of the molecule is CCCC[C@H]1CC[C@H](CCc2ccc(-c3ncc(CCC)cn3)c(F)c2)CC1. The van der Waals surface area contributed by atoms with Crippen LogP contribution in [0.1, 0.15) is 82.8 Å². The second-order valence-electron chi connectivity index (χ2n) is 8.55. The summed E-state index contributed by atoms with van der Waals surface area (Å²) in [4.78, 5) is 8.71. The van der Waals surface area contributed by atoms with Gasteiger partial charge in [0, 0.05) is 12.4 Å². The molecule has 1 aliphatic rings. The van der Waals surface area contributed by atoms with Gasteiger partial charge in [0.2, 0.25) is 0 Å². The molecule has 3 heteroatoms. The van der Waals surface area contributed by atoms with Crippen LogP contribution in [0.25, 0.3) is 11.4 Å². The van der Waals surface area contributed by atoms with E-state index in [9.17, 15) is 4.39 Å². The van der Waals surface area contributed by atoms with Crippen molar-refractivity contribution in [1.29, 1.82) is 0 Å². The number of unbranched alkanes of at least 4 members (excludes halogenated alkanes) is 1. The lowest BCUT2D eigenvalue weighted by atomic mass is 9.78. The normalized spacial score (nSPS) is 19.7. The first-order chi connectivity index (χ1) is 13.7. The third-order valence-electron chi connectivity index (χ3n) is 6.29. The average Bonchev–Trinajstić information content (AvgIpc) is 2.72. The molecule has 0 bridgehead atoms. The van der Waals surface area contributed by atoms with E-state index < -0.39 is 0 Å². The van der Waals surface area contributed by atoms with Gasteiger partial charge >= 0.3 is 0 Å². The molecule has 0 unspecified atom stereocenters. The number of hydrogen-bond acceptors (Lipinski definition) is 2. The molecular formula is C25H35FN2. The molecule has 0 aliphatic heterocycles. The van der Waals surface area contributed by atoms with Crippen LogP contribution in [0.3, 0.4) is 0 Å². The predicted octanol–water partition coefficient (Wildman–Crippen LogP) is 7.16. The highest BCUT2D eigenvalue weighted by atomic mass is 19.1. The Hall–Kier alpha value is -1.77. The second-order valence-corrected chi connectivity index (χ2v) is 8.55. The van der Waals surface area contributed by atoms with Crippen molar-refractivity contribution in [2.75, 3.05) is 0 Å². The molecule has 2 nitrogen and oxygen atoms in total. The molecule has 0 radical (unpaired) electrons. The number of aryl methyl sites for hydroxylation is 2. The minimum atomic E-state index is -0.205. The van der Waals surface area contributed by atoms with Gasteiger partial charge in [0.1, 0.15) is 5.82 Å². The molecule has 1 fully saturated rings. The largest absolute Gasteiger partial charge is 0.236 e. The standard InChI is InChI=1S/C25H35FN2/c1-3-5-7-19-8-10-20(11-9-19)12-13-21-14-15-23(24(26)16-21)25-27-17-22(6-4-2)18-28-25/h14-20H,3-13H2,1-2H3/t19-,20-. The number of benzene rings is 1. The predicted molar refractivity (Wildman–Crippen MR) is 115 cm³/mol. The molecule has 1 aromatic carbocycles.